The number of carbonyl (C=O) groups excluding carboxylic acids is 2. The number of nitrogens with zero attached hydrogens (tertiary/aromatic N) is 2. The number of hydrogen-bond acceptors (Lipinski definition) is 6. The number of esters is 2. The summed E-state index contributed by atoms with van der Waals surface area (Å²) in [6.45, 7) is 2.07. The molecule has 6 nitrogen and oxygen atoms in total. The second kappa shape index (κ2) is 8.92. The van der Waals surface area contributed by atoms with E-state index in [0.717, 1.165) is 13.0 Å². The molecular weight excluding hydrogens is 260 g/mol. The number of methoxy groups -OCH3 is 2. The highest BCUT2D eigenvalue weighted by atomic mass is 16.5. The van der Waals surface area contributed by atoms with E-state index < -0.39 is 0 Å². The quantitative estimate of drug-likeness (QED) is 0.636. The Labute approximate surface area is 121 Å². The van der Waals surface area contributed by atoms with Crippen LogP contribution in [-0.2, 0) is 19.1 Å². The molecule has 0 bridgehead atoms. The molecule has 0 radical (unpaired) electrons. The maximum absolute atomic E-state index is 11.4. The smallest absolute Gasteiger partial charge is 0.319 e. The molecule has 0 saturated carbocycles. The van der Waals surface area contributed by atoms with Gasteiger partial charge in [0.25, 0.3) is 0 Å². The predicted molar refractivity (Wildman–Crippen MR) is 75.4 cm³/mol. The molecule has 116 valence electrons. The monoisotopic (exact) mass is 286 g/mol. The minimum absolute atomic E-state index is 0.127. The van der Waals surface area contributed by atoms with Crippen molar-refractivity contribution in [3.05, 3.63) is 0 Å². The van der Waals surface area contributed by atoms with Gasteiger partial charge in [0.2, 0.25) is 0 Å². The van der Waals surface area contributed by atoms with Crippen LogP contribution in [0.5, 0.6) is 0 Å². The number of ether oxygens (including phenoxy) is 2. The lowest BCUT2D eigenvalue weighted by Crippen LogP contribution is -2.41. The number of piperidine rings is 1. The maximum atomic E-state index is 11.4. The van der Waals surface area contributed by atoms with Gasteiger partial charge in [-0.25, -0.2) is 0 Å². The summed E-state index contributed by atoms with van der Waals surface area (Å²) in [6.07, 6.45) is 4.63. The third kappa shape index (κ3) is 5.88. The number of hydrogen-bond donors (Lipinski definition) is 0. The van der Waals surface area contributed by atoms with Gasteiger partial charge < -0.3 is 14.4 Å². The summed E-state index contributed by atoms with van der Waals surface area (Å²) in [5.74, 6) is -0.656. The molecule has 1 aliphatic heterocycles. The van der Waals surface area contributed by atoms with Gasteiger partial charge in [0.1, 0.15) is 0 Å². The van der Waals surface area contributed by atoms with Crippen molar-refractivity contribution in [2.75, 3.05) is 47.4 Å². The van der Waals surface area contributed by atoms with Gasteiger partial charge in [-0.15, -0.1) is 0 Å². The van der Waals surface area contributed by atoms with Gasteiger partial charge >= 0.3 is 11.9 Å². The highest BCUT2D eigenvalue weighted by Gasteiger charge is 2.21. The minimum atomic E-state index is -0.328. The molecule has 0 aliphatic carbocycles. The van der Waals surface area contributed by atoms with Crippen LogP contribution in [0.3, 0.4) is 0 Å². The lowest BCUT2D eigenvalue weighted by Gasteiger charge is -2.33. The molecule has 0 spiro atoms. The van der Waals surface area contributed by atoms with Crippen molar-refractivity contribution in [3.8, 4) is 0 Å². The fraction of sp³-hybridized carbons (Fsp3) is 0.857. The highest BCUT2D eigenvalue weighted by molar-refractivity contribution is 5.74. The van der Waals surface area contributed by atoms with Crippen molar-refractivity contribution < 1.29 is 19.1 Å². The van der Waals surface area contributed by atoms with Gasteiger partial charge in [-0.3, -0.25) is 14.5 Å². The number of carbonyl (C=O) groups is 2. The summed E-state index contributed by atoms with van der Waals surface area (Å²) in [5.41, 5.74) is 0. The molecule has 1 unspecified atom stereocenters. The summed E-state index contributed by atoms with van der Waals surface area (Å²) in [4.78, 5) is 26.9. The molecule has 0 aromatic heterocycles. The molecule has 1 aliphatic rings. The largest absolute Gasteiger partial charge is 0.468 e. The topological polar surface area (TPSA) is 59.1 Å². The molecule has 1 rings (SSSR count). The van der Waals surface area contributed by atoms with E-state index in [0.29, 0.717) is 12.6 Å². The zero-order valence-electron chi connectivity index (χ0n) is 12.8. The van der Waals surface area contributed by atoms with Crippen molar-refractivity contribution in [2.45, 2.75) is 31.7 Å². The van der Waals surface area contributed by atoms with Crippen LogP contribution in [0.1, 0.15) is 25.7 Å². The Morgan fingerprint density at radius 2 is 1.75 bits per heavy atom. The van der Waals surface area contributed by atoms with Crippen LogP contribution in [0, 0.1) is 0 Å². The lowest BCUT2D eigenvalue weighted by atomic mass is 10.00. The van der Waals surface area contributed by atoms with Crippen LogP contribution >= 0.6 is 0 Å². The van der Waals surface area contributed by atoms with Crippen LogP contribution in [0.15, 0.2) is 0 Å². The third-order valence-electron chi connectivity index (χ3n) is 3.86. The van der Waals surface area contributed by atoms with E-state index >= 15 is 0 Å². The Kier molecular flexibility index (Phi) is 7.54. The Morgan fingerprint density at radius 3 is 2.25 bits per heavy atom. The summed E-state index contributed by atoms with van der Waals surface area (Å²) < 4.78 is 9.33. The average molecular weight is 286 g/mol. The van der Waals surface area contributed by atoms with Crippen LogP contribution in [0.25, 0.3) is 0 Å². The van der Waals surface area contributed by atoms with E-state index in [1.807, 2.05) is 0 Å². The molecule has 1 fully saturated rings. The zero-order valence-corrected chi connectivity index (χ0v) is 12.8. The maximum Gasteiger partial charge on any atom is 0.319 e. The molecule has 0 N–H and O–H groups in total. The number of rotatable bonds is 7. The van der Waals surface area contributed by atoms with Gasteiger partial charge in [-0.1, -0.05) is 6.42 Å². The first kappa shape index (κ1) is 16.9. The lowest BCUT2D eigenvalue weighted by molar-refractivity contribution is -0.145. The Bertz CT molecular complexity index is 304. The first-order valence-corrected chi connectivity index (χ1v) is 7.13. The van der Waals surface area contributed by atoms with Crippen molar-refractivity contribution in [1.29, 1.82) is 0 Å². The first-order valence-electron chi connectivity index (χ1n) is 7.13. The summed E-state index contributed by atoms with van der Waals surface area (Å²) >= 11 is 0. The fourth-order valence-corrected chi connectivity index (χ4v) is 2.55. The zero-order chi connectivity index (χ0) is 15.0. The molecule has 0 aromatic rings. The summed E-state index contributed by atoms with van der Waals surface area (Å²) in [5, 5.41) is 0. The highest BCUT2D eigenvalue weighted by Crippen LogP contribution is 2.18. The molecule has 6 heteroatoms. The van der Waals surface area contributed by atoms with Gasteiger partial charge in [0.15, 0.2) is 0 Å². The second-order valence-corrected chi connectivity index (χ2v) is 5.28. The fourth-order valence-electron chi connectivity index (χ4n) is 2.55. The van der Waals surface area contributed by atoms with E-state index in [9.17, 15) is 9.59 Å². The Morgan fingerprint density at radius 1 is 1.15 bits per heavy atom. The normalized spacial score (nSPS) is 19.9. The second-order valence-electron chi connectivity index (χ2n) is 5.28. The molecule has 1 heterocycles. The van der Waals surface area contributed by atoms with E-state index in [2.05, 4.69) is 21.4 Å². The van der Waals surface area contributed by atoms with Gasteiger partial charge in [0, 0.05) is 12.6 Å². The first-order chi connectivity index (χ1) is 9.56. The van der Waals surface area contributed by atoms with Crippen LogP contribution in [0.4, 0.5) is 0 Å². The van der Waals surface area contributed by atoms with E-state index in [1.165, 1.54) is 33.5 Å². The molecular formula is C14H26N2O4. The summed E-state index contributed by atoms with van der Waals surface area (Å²) in [7, 11) is 4.84. The van der Waals surface area contributed by atoms with Crippen LogP contribution < -0.4 is 0 Å². The standard InChI is InChI=1S/C14H26N2O4/c1-15-8-5-4-6-12(15)7-9-16(10-13(17)19-2)11-14(18)20-3/h12H,4-11H2,1-3H3. The van der Waals surface area contributed by atoms with Crippen LogP contribution in [-0.4, -0.2) is 75.2 Å². The Hall–Kier alpha value is -1.14. The average Bonchev–Trinajstić information content (AvgIpc) is 2.45. The van der Waals surface area contributed by atoms with E-state index in [4.69, 9.17) is 0 Å². The molecule has 20 heavy (non-hydrogen) atoms. The van der Waals surface area contributed by atoms with Crippen molar-refractivity contribution in [2.24, 2.45) is 0 Å². The van der Waals surface area contributed by atoms with E-state index in [-0.39, 0.29) is 25.0 Å². The number of likely N-dealkylation sites (tertiary alicyclic amines) is 1. The SMILES string of the molecule is COC(=O)CN(CCC1CCCCN1C)CC(=O)OC. The van der Waals surface area contributed by atoms with Crippen molar-refractivity contribution in [1.82, 2.24) is 9.80 Å². The van der Waals surface area contributed by atoms with Gasteiger partial charge in [0.05, 0.1) is 27.3 Å². The Balaban J connectivity index is 2.45. The minimum Gasteiger partial charge on any atom is -0.468 e. The van der Waals surface area contributed by atoms with Gasteiger partial charge in [-0.05, 0) is 32.9 Å². The van der Waals surface area contributed by atoms with Crippen LogP contribution in [0.2, 0.25) is 0 Å². The van der Waals surface area contributed by atoms with Crippen molar-refractivity contribution in [3.63, 3.8) is 0 Å². The predicted octanol–water partition coefficient (Wildman–Crippen LogP) is 0.509. The summed E-state index contributed by atoms with van der Waals surface area (Å²) in [6, 6.07) is 0.529. The molecule has 0 aromatic carbocycles. The van der Waals surface area contributed by atoms with E-state index in [1.54, 1.807) is 4.90 Å². The molecule has 1 saturated heterocycles. The third-order valence-corrected chi connectivity index (χ3v) is 3.86. The molecule has 0 amide bonds. The van der Waals surface area contributed by atoms with Gasteiger partial charge in [-0.2, -0.15) is 0 Å². The molecule has 1 atom stereocenters. The van der Waals surface area contributed by atoms with Crippen molar-refractivity contribution >= 4 is 11.9 Å².